The molecular weight excluding hydrogens is 277 g/mol. The minimum absolute atomic E-state index is 0.0953. The maximum Gasteiger partial charge on any atom is 0.129 e. The van der Waals surface area contributed by atoms with E-state index in [9.17, 15) is 4.39 Å². The van der Waals surface area contributed by atoms with Crippen LogP contribution in [0.25, 0.3) is 0 Å². The van der Waals surface area contributed by atoms with Crippen molar-refractivity contribution in [1.29, 1.82) is 0 Å². The summed E-state index contributed by atoms with van der Waals surface area (Å²) in [5, 5.41) is 8.15. The molecule has 0 radical (unpaired) electrons. The lowest BCUT2D eigenvalue weighted by molar-refractivity contribution is 0.491. The summed E-state index contributed by atoms with van der Waals surface area (Å²) < 4.78 is 15.8. The molecule has 1 unspecified atom stereocenters. The molecule has 0 fully saturated rings. The van der Waals surface area contributed by atoms with Gasteiger partial charge in [-0.15, -0.1) is 0 Å². The first kappa shape index (κ1) is 15.0. The highest BCUT2D eigenvalue weighted by atomic mass is 35.5. The number of aromatic nitrogens is 2. The normalized spacial score (nSPS) is 12.6. The van der Waals surface area contributed by atoms with Gasteiger partial charge in [0.15, 0.2) is 0 Å². The van der Waals surface area contributed by atoms with E-state index >= 15 is 0 Å². The first-order valence-electron chi connectivity index (χ1n) is 6.77. The van der Waals surface area contributed by atoms with Gasteiger partial charge in [0.25, 0.3) is 0 Å². The van der Waals surface area contributed by atoms with Crippen LogP contribution in [0.2, 0.25) is 5.02 Å². The summed E-state index contributed by atoms with van der Waals surface area (Å²) in [7, 11) is 1.88. The SMILES string of the molecule is CCCNC(Cc1ccn(C)n1)c1ccc(Cl)cc1F. The monoisotopic (exact) mass is 295 g/mol. The zero-order valence-electron chi connectivity index (χ0n) is 11.7. The Kier molecular flexibility index (Phi) is 5.15. The molecule has 0 aliphatic heterocycles. The van der Waals surface area contributed by atoms with Crippen molar-refractivity contribution in [3.8, 4) is 0 Å². The number of hydrogen-bond donors (Lipinski definition) is 1. The predicted molar refractivity (Wildman–Crippen MR) is 79.4 cm³/mol. The van der Waals surface area contributed by atoms with Crippen LogP contribution >= 0.6 is 11.6 Å². The molecule has 20 heavy (non-hydrogen) atoms. The highest BCUT2D eigenvalue weighted by Crippen LogP contribution is 2.23. The molecule has 0 amide bonds. The first-order valence-corrected chi connectivity index (χ1v) is 7.14. The van der Waals surface area contributed by atoms with Crippen molar-refractivity contribution < 1.29 is 4.39 Å². The van der Waals surface area contributed by atoms with Gasteiger partial charge in [-0.2, -0.15) is 5.10 Å². The lowest BCUT2D eigenvalue weighted by Crippen LogP contribution is -2.25. The minimum Gasteiger partial charge on any atom is -0.310 e. The Morgan fingerprint density at radius 1 is 1.40 bits per heavy atom. The van der Waals surface area contributed by atoms with Crippen molar-refractivity contribution in [3.05, 3.63) is 52.6 Å². The van der Waals surface area contributed by atoms with Crippen molar-refractivity contribution in [3.63, 3.8) is 0 Å². The van der Waals surface area contributed by atoms with Gasteiger partial charge in [-0.1, -0.05) is 24.6 Å². The van der Waals surface area contributed by atoms with Gasteiger partial charge in [0, 0.05) is 36.3 Å². The van der Waals surface area contributed by atoms with Crippen LogP contribution in [-0.4, -0.2) is 16.3 Å². The quantitative estimate of drug-likeness (QED) is 0.884. The van der Waals surface area contributed by atoms with Crippen LogP contribution in [-0.2, 0) is 13.5 Å². The summed E-state index contributed by atoms with van der Waals surface area (Å²) in [6, 6.07) is 6.68. The van der Waals surface area contributed by atoms with Crippen LogP contribution in [0, 0.1) is 5.82 Å². The smallest absolute Gasteiger partial charge is 0.129 e. The zero-order valence-corrected chi connectivity index (χ0v) is 12.5. The fourth-order valence-electron chi connectivity index (χ4n) is 2.18. The predicted octanol–water partition coefficient (Wildman–Crippen LogP) is 3.50. The Morgan fingerprint density at radius 2 is 2.20 bits per heavy atom. The molecule has 1 atom stereocenters. The second-order valence-electron chi connectivity index (χ2n) is 4.86. The third-order valence-corrected chi connectivity index (χ3v) is 3.40. The largest absolute Gasteiger partial charge is 0.310 e. The molecule has 5 heteroatoms. The number of benzene rings is 1. The highest BCUT2D eigenvalue weighted by molar-refractivity contribution is 6.30. The summed E-state index contributed by atoms with van der Waals surface area (Å²) >= 11 is 5.81. The molecule has 2 aromatic rings. The van der Waals surface area contributed by atoms with Gasteiger partial charge in [-0.25, -0.2) is 4.39 Å². The molecule has 0 aliphatic rings. The van der Waals surface area contributed by atoms with Crippen molar-refractivity contribution in [2.75, 3.05) is 6.54 Å². The molecule has 108 valence electrons. The number of hydrogen-bond acceptors (Lipinski definition) is 2. The molecule has 0 saturated heterocycles. The Labute approximate surface area is 123 Å². The summed E-state index contributed by atoms with van der Waals surface area (Å²) in [5.41, 5.74) is 1.57. The van der Waals surface area contributed by atoms with Crippen molar-refractivity contribution in [2.24, 2.45) is 7.05 Å². The molecular formula is C15H19ClFN3. The summed E-state index contributed by atoms with van der Waals surface area (Å²) in [5.74, 6) is -0.276. The molecule has 1 aromatic heterocycles. The summed E-state index contributed by atoms with van der Waals surface area (Å²) in [6.45, 7) is 2.92. The second kappa shape index (κ2) is 6.86. The van der Waals surface area contributed by atoms with E-state index in [4.69, 9.17) is 11.6 Å². The maximum atomic E-state index is 14.1. The molecule has 0 bridgehead atoms. The standard InChI is InChI=1S/C15H19ClFN3/c1-3-7-18-15(10-12-6-8-20(2)19-12)13-5-4-11(16)9-14(13)17/h4-6,8-9,15,18H,3,7,10H2,1-2H3. The van der Waals surface area contributed by atoms with Crippen LogP contribution in [0.4, 0.5) is 4.39 Å². The van der Waals surface area contributed by atoms with Crippen LogP contribution in [0.1, 0.15) is 30.6 Å². The van der Waals surface area contributed by atoms with Crippen molar-refractivity contribution in [1.82, 2.24) is 15.1 Å². The van der Waals surface area contributed by atoms with E-state index in [-0.39, 0.29) is 11.9 Å². The Balaban J connectivity index is 2.22. The van der Waals surface area contributed by atoms with Gasteiger partial charge >= 0.3 is 0 Å². The average Bonchev–Trinajstić information content (AvgIpc) is 2.80. The highest BCUT2D eigenvalue weighted by Gasteiger charge is 2.17. The first-order chi connectivity index (χ1) is 9.60. The Hall–Kier alpha value is -1.39. The molecule has 1 heterocycles. The molecule has 0 saturated carbocycles. The fraction of sp³-hybridized carbons (Fsp3) is 0.400. The van der Waals surface area contributed by atoms with Crippen molar-refractivity contribution in [2.45, 2.75) is 25.8 Å². The van der Waals surface area contributed by atoms with E-state index in [1.165, 1.54) is 6.07 Å². The van der Waals surface area contributed by atoms with Gasteiger partial charge in [0.1, 0.15) is 5.82 Å². The van der Waals surface area contributed by atoms with Crippen molar-refractivity contribution >= 4 is 11.6 Å². The third-order valence-electron chi connectivity index (χ3n) is 3.16. The lowest BCUT2D eigenvalue weighted by atomic mass is 10.0. The van der Waals surface area contributed by atoms with Gasteiger partial charge in [0.05, 0.1) is 5.69 Å². The molecule has 2 rings (SSSR count). The van der Waals surface area contributed by atoms with Crippen LogP contribution in [0.5, 0.6) is 0 Å². The number of nitrogens with zero attached hydrogens (tertiary/aromatic N) is 2. The minimum atomic E-state index is -0.276. The Bertz CT molecular complexity index is 568. The van der Waals surface area contributed by atoms with E-state index in [2.05, 4.69) is 17.3 Å². The number of nitrogens with one attached hydrogen (secondary N) is 1. The number of aryl methyl sites for hydroxylation is 1. The molecule has 0 spiro atoms. The van der Waals surface area contributed by atoms with Crippen LogP contribution in [0.15, 0.2) is 30.5 Å². The maximum absolute atomic E-state index is 14.1. The summed E-state index contributed by atoms with van der Waals surface area (Å²) in [6.07, 6.45) is 3.54. The van der Waals surface area contributed by atoms with Crippen LogP contribution in [0.3, 0.4) is 0 Å². The van der Waals surface area contributed by atoms with Gasteiger partial charge < -0.3 is 5.32 Å². The van der Waals surface area contributed by atoms with E-state index < -0.39 is 0 Å². The topological polar surface area (TPSA) is 29.9 Å². The lowest BCUT2D eigenvalue weighted by Gasteiger charge is -2.19. The fourth-order valence-corrected chi connectivity index (χ4v) is 2.33. The average molecular weight is 296 g/mol. The van der Waals surface area contributed by atoms with Gasteiger partial charge in [0.2, 0.25) is 0 Å². The van der Waals surface area contributed by atoms with E-state index in [1.54, 1.807) is 16.8 Å². The molecule has 0 aliphatic carbocycles. The molecule has 1 N–H and O–H groups in total. The molecule has 1 aromatic carbocycles. The van der Waals surface area contributed by atoms with E-state index in [0.717, 1.165) is 18.7 Å². The van der Waals surface area contributed by atoms with E-state index in [0.29, 0.717) is 17.0 Å². The van der Waals surface area contributed by atoms with Crippen LogP contribution < -0.4 is 5.32 Å². The van der Waals surface area contributed by atoms with Gasteiger partial charge in [-0.05, 0) is 31.2 Å². The number of rotatable bonds is 6. The Morgan fingerprint density at radius 3 is 2.80 bits per heavy atom. The second-order valence-corrected chi connectivity index (χ2v) is 5.29. The summed E-state index contributed by atoms with van der Waals surface area (Å²) in [4.78, 5) is 0. The van der Waals surface area contributed by atoms with E-state index in [1.807, 2.05) is 19.3 Å². The third kappa shape index (κ3) is 3.81. The zero-order chi connectivity index (χ0) is 14.5. The number of halogens is 2. The molecule has 3 nitrogen and oxygen atoms in total. The van der Waals surface area contributed by atoms with Gasteiger partial charge in [-0.3, -0.25) is 4.68 Å².